The van der Waals surface area contributed by atoms with Gasteiger partial charge < -0.3 is 20.7 Å². The molecule has 8 nitrogen and oxygen atoms in total. The van der Waals surface area contributed by atoms with E-state index in [9.17, 15) is 8.78 Å². The summed E-state index contributed by atoms with van der Waals surface area (Å²) in [6, 6.07) is 9.16. The number of aromatic nitrogens is 4. The summed E-state index contributed by atoms with van der Waals surface area (Å²) in [5, 5.41) is 3.37. The molecule has 1 saturated carbocycles. The molecule has 33 heavy (non-hydrogen) atoms. The molecule has 1 saturated heterocycles. The van der Waals surface area contributed by atoms with Crippen LogP contribution in [-0.4, -0.2) is 58.4 Å². The third kappa shape index (κ3) is 4.77. The van der Waals surface area contributed by atoms with Crippen LogP contribution in [0.1, 0.15) is 37.9 Å². The summed E-state index contributed by atoms with van der Waals surface area (Å²) in [4.78, 5) is 15.6. The molecule has 0 amide bonds. The first-order valence-electron chi connectivity index (χ1n) is 11.6. The van der Waals surface area contributed by atoms with Crippen LogP contribution < -0.4 is 16.0 Å². The van der Waals surface area contributed by atoms with E-state index < -0.39 is 6.43 Å². The lowest BCUT2D eigenvalue weighted by Gasteiger charge is -2.29. The molecule has 176 valence electrons. The van der Waals surface area contributed by atoms with Crippen LogP contribution in [0.4, 0.5) is 20.5 Å². The first-order valence-corrected chi connectivity index (χ1v) is 11.6. The zero-order chi connectivity index (χ0) is 22.8. The topological polar surface area (TPSA) is 94.1 Å². The van der Waals surface area contributed by atoms with Crippen LogP contribution in [0, 0.1) is 5.92 Å². The number of imidazole rings is 1. The zero-order valence-corrected chi connectivity index (χ0v) is 18.5. The minimum absolute atomic E-state index is 0.288. The van der Waals surface area contributed by atoms with E-state index in [1.54, 1.807) is 24.3 Å². The second kappa shape index (κ2) is 9.56. The Morgan fingerprint density at radius 1 is 1.03 bits per heavy atom. The minimum Gasteiger partial charge on any atom is -0.378 e. The number of fused-ring (bicyclic) bond motifs is 1. The SMILES string of the molecule is NC1CCC(CNc2nc(N3CCOCC3)cc(-n3c(C(F)F)nc4ccccc43)n2)CC1. The van der Waals surface area contributed by atoms with Gasteiger partial charge in [0.15, 0.2) is 5.82 Å². The molecule has 0 radical (unpaired) electrons. The Balaban J connectivity index is 1.52. The molecule has 3 aromatic rings. The fourth-order valence-electron chi connectivity index (χ4n) is 4.63. The number of nitrogens with one attached hydrogen (secondary N) is 1. The molecule has 1 aromatic carbocycles. The van der Waals surface area contributed by atoms with Gasteiger partial charge in [-0.15, -0.1) is 0 Å². The lowest BCUT2D eigenvalue weighted by molar-refractivity contribution is 0.122. The summed E-state index contributed by atoms with van der Waals surface area (Å²) in [7, 11) is 0. The van der Waals surface area contributed by atoms with Gasteiger partial charge in [0.25, 0.3) is 6.43 Å². The molecule has 3 heterocycles. The Bertz CT molecular complexity index is 1090. The number of hydrogen-bond acceptors (Lipinski definition) is 7. The van der Waals surface area contributed by atoms with E-state index in [0.717, 1.165) is 32.2 Å². The van der Waals surface area contributed by atoms with Crippen LogP contribution >= 0.6 is 0 Å². The average Bonchev–Trinajstić information content (AvgIpc) is 3.24. The number of para-hydroxylation sites is 2. The molecular formula is C23H29F2N7O. The predicted octanol–water partition coefficient (Wildman–Crippen LogP) is 3.52. The number of benzene rings is 1. The number of hydrogen-bond donors (Lipinski definition) is 2. The van der Waals surface area contributed by atoms with Crippen molar-refractivity contribution in [3.05, 3.63) is 36.2 Å². The van der Waals surface area contributed by atoms with Crippen LogP contribution in [0.25, 0.3) is 16.9 Å². The first-order chi connectivity index (χ1) is 16.1. The summed E-state index contributed by atoms with van der Waals surface area (Å²) in [5.41, 5.74) is 7.13. The first kappa shape index (κ1) is 22.0. The molecule has 1 aliphatic carbocycles. The van der Waals surface area contributed by atoms with Crippen molar-refractivity contribution in [3.8, 4) is 5.82 Å². The Kier molecular flexibility index (Phi) is 6.37. The fourth-order valence-corrected chi connectivity index (χ4v) is 4.63. The van der Waals surface area contributed by atoms with Crippen LogP contribution in [0.5, 0.6) is 0 Å². The smallest absolute Gasteiger partial charge is 0.296 e. The van der Waals surface area contributed by atoms with Gasteiger partial charge in [-0.1, -0.05) is 12.1 Å². The fraction of sp³-hybridized carbons (Fsp3) is 0.522. The highest BCUT2D eigenvalue weighted by atomic mass is 19.3. The molecule has 2 aliphatic rings. The van der Waals surface area contributed by atoms with Crippen molar-refractivity contribution in [1.29, 1.82) is 0 Å². The largest absolute Gasteiger partial charge is 0.378 e. The normalized spacial score (nSPS) is 21.6. The third-order valence-corrected chi connectivity index (χ3v) is 6.49. The zero-order valence-electron chi connectivity index (χ0n) is 18.5. The van der Waals surface area contributed by atoms with Crippen molar-refractivity contribution in [2.75, 3.05) is 43.1 Å². The van der Waals surface area contributed by atoms with E-state index in [4.69, 9.17) is 15.5 Å². The Morgan fingerprint density at radius 3 is 2.52 bits per heavy atom. The predicted molar refractivity (Wildman–Crippen MR) is 123 cm³/mol. The Hall–Kier alpha value is -2.85. The number of ether oxygens (including phenoxy) is 1. The van der Waals surface area contributed by atoms with Gasteiger partial charge in [-0.05, 0) is 43.7 Å². The van der Waals surface area contributed by atoms with E-state index in [1.807, 2.05) is 6.07 Å². The maximum absolute atomic E-state index is 14.0. The lowest BCUT2D eigenvalue weighted by Crippen LogP contribution is -2.37. The van der Waals surface area contributed by atoms with E-state index >= 15 is 0 Å². The second-order valence-corrected chi connectivity index (χ2v) is 8.76. The molecule has 5 rings (SSSR count). The van der Waals surface area contributed by atoms with Gasteiger partial charge in [0.1, 0.15) is 11.6 Å². The van der Waals surface area contributed by atoms with Crippen molar-refractivity contribution in [1.82, 2.24) is 19.5 Å². The van der Waals surface area contributed by atoms with Gasteiger partial charge in [-0.2, -0.15) is 9.97 Å². The quantitative estimate of drug-likeness (QED) is 0.585. The van der Waals surface area contributed by atoms with E-state index in [1.165, 1.54) is 4.57 Å². The molecular weight excluding hydrogens is 428 g/mol. The molecule has 2 aromatic heterocycles. The van der Waals surface area contributed by atoms with Gasteiger partial charge >= 0.3 is 0 Å². The maximum atomic E-state index is 14.0. The standard InChI is InChI=1S/C23H29F2N7O/c24-21(25)22-28-17-3-1-2-4-18(17)32(22)20-13-19(31-9-11-33-12-10-31)29-23(30-20)27-14-15-5-7-16(26)8-6-15/h1-4,13,15-16,21H,5-12,14,26H2,(H,27,29,30). The number of alkyl halides is 2. The number of morpholine rings is 1. The van der Waals surface area contributed by atoms with Gasteiger partial charge in [0.2, 0.25) is 5.95 Å². The lowest BCUT2D eigenvalue weighted by atomic mass is 9.86. The number of nitrogens with two attached hydrogens (primary N) is 1. The van der Waals surface area contributed by atoms with Crippen LogP contribution in [0.15, 0.2) is 30.3 Å². The van der Waals surface area contributed by atoms with Crippen molar-refractivity contribution < 1.29 is 13.5 Å². The van der Waals surface area contributed by atoms with Gasteiger partial charge in [-0.25, -0.2) is 13.8 Å². The van der Waals surface area contributed by atoms with Crippen molar-refractivity contribution in [2.24, 2.45) is 11.7 Å². The Labute approximate surface area is 191 Å². The highest BCUT2D eigenvalue weighted by Gasteiger charge is 2.24. The van der Waals surface area contributed by atoms with Crippen LogP contribution in [-0.2, 0) is 4.74 Å². The summed E-state index contributed by atoms with van der Waals surface area (Å²) in [6.07, 6.45) is 1.43. The summed E-state index contributed by atoms with van der Waals surface area (Å²) in [5.74, 6) is 1.67. The van der Waals surface area contributed by atoms with Crippen molar-refractivity contribution in [2.45, 2.75) is 38.2 Å². The molecule has 2 fully saturated rings. The van der Waals surface area contributed by atoms with E-state index in [0.29, 0.717) is 60.8 Å². The van der Waals surface area contributed by atoms with Crippen LogP contribution in [0.3, 0.4) is 0 Å². The second-order valence-electron chi connectivity index (χ2n) is 8.76. The number of nitrogens with zero attached hydrogens (tertiary/aromatic N) is 5. The molecule has 0 spiro atoms. The van der Waals surface area contributed by atoms with Crippen LogP contribution in [0.2, 0.25) is 0 Å². The highest BCUT2D eigenvalue weighted by Crippen LogP contribution is 2.29. The average molecular weight is 458 g/mol. The molecule has 0 unspecified atom stereocenters. The van der Waals surface area contributed by atoms with Gasteiger partial charge in [0, 0.05) is 31.7 Å². The molecule has 10 heteroatoms. The van der Waals surface area contributed by atoms with E-state index in [2.05, 4.69) is 20.2 Å². The Morgan fingerprint density at radius 2 is 1.76 bits per heavy atom. The highest BCUT2D eigenvalue weighted by molar-refractivity contribution is 5.78. The van der Waals surface area contributed by atoms with E-state index in [-0.39, 0.29) is 11.9 Å². The summed E-state index contributed by atoms with van der Waals surface area (Å²) < 4.78 is 34.8. The number of halogens is 2. The van der Waals surface area contributed by atoms with Crippen molar-refractivity contribution >= 4 is 22.8 Å². The molecule has 0 atom stereocenters. The number of anilines is 2. The molecule has 1 aliphatic heterocycles. The van der Waals surface area contributed by atoms with Gasteiger partial charge in [-0.3, -0.25) is 4.57 Å². The number of rotatable bonds is 6. The summed E-state index contributed by atoms with van der Waals surface area (Å²) >= 11 is 0. The maximum Gasteiger partial charge on any atom is 0.296 e. The molecule has 0 bridgehead atoms. The van der Waals surface area contributed by atoms with Gasteiger partial charge in [0.05, 0.1) is 24.2 Å². The van der Waals surface area contributed by atoms with Crippen molar-refractivity contribution in [3.63, 3.8) is 0 Å². The molecule has 3 N–H and O–H groups in total. The minimum atomic E-state index is -2.73. The third-order valence-electron chi connectivity index (χ3n) is 6.49. The summed E-state index contributed by atoms with van der Waals surface area (Å²) in [6.45, 7) is 3.29. The monoisotopic (exact) mass is 457 g/mol.